The number of hydrogen-bond donors (Lipinski definition) is 3. The molecule has 8 heteroatoms. The lowest BCUT2D eigenvalue weighted by molar-refractivity contribution is 0.0946. The number of carbonyl (C=O) groups is 1. The predicted molar refractivity (Wildman–Crippen MR) is 87.5 cm³/mol. The number of nitrogens with one attached hydrogen (secondary N) is 2. The van der Waals surface area contributed by atoms with Crippen molar-refractivity contribution < 1.29 is 4.79 Å². The fourth-order valence-corrected chi connectivity index (χ4v) is 2.34. The van der Waals surface area contributed by atoms with Gasteiger partial charge in [-0.05, 0) is 18.6 Å². The Morgan fingerprint density at radius 3 is 2.91 bits per heavy atom. The van der Waals surface area contributed by atoms with Crippen molar-refractivity contribution in [1.29, 1.82) is 0 Å². The number of aromatic nitrogens is 4. The molecule has 0 unspecified atom stereocenters. The molecule has 0 aliphatic heterocycles. The molecule has 0 aliphatic carbocycles. The quantitative estimate of drug-likeness (QED) is 0.681. The number of anilines is 1. The lowest BCUT2D eigenvalue weighted by Gasteiger charge is -2.04. The lowest BCUT2D eigenvalue weighted by Crippen LogP contribution is -2.23. The molecular formula is C15H15ClN6O. The van der Waals surface area contributed by atoms with E-state index in [1.807, 2.05) is 37.4 Å². The molecule has 0 saturated carbocycles. The van der Waals surface area contributed by atoms with Crippen LogP contribution < -0.4 is 11.1 Å². The maximum atomic E-state index is 12.0. The maximum Gasteiger partial charge on any atom is 0.271 e. The fourth-order valence-electron chi connectivity index (χ4n) is 2.17. The molecule has 118 valence electrons. The summed E-state index contributed by atoms with van der Waals surface area (Å²) in [4.78, 5) is 12.0. The zero-order valence-corrected chi connectivity index (χ0v) is 13.1. The molecule has 0 radical (unpaired) electrons. The molecule has 0 saturated heterocycles. The largest absolute Gasteiger partial charge is 0.381 e. The number of para-hydroxylation sites is 1. The number of aromatic amines is 1. The van der Waals surface area contributed by atoms with E-state index in [0.717, 1.165) is 16.8 Å². The van der Waals surface area contributed by atoms with Gasteiger partial charge in [0, 0.05) is 18.3 Å². The number of rotatable bonds is 4. The second-order valence-electron chi connectivity index (χ2n) is 5.06. The van der Waals surface area contributed by atoms with Crippen LogP contribution in [0.25, 0.3) is 5.69 Å². The van der Waals surface area contributed by atoms with Gasteiger partial charge in [0.15, 0.2) is 5.82 Å². The summed E-state index contributed by atoms with van der Waals surface area (Å²) < 4.78 is 1.78. The van der Waals surface area contributed by atoms with E-state index in [0.29, 0.717) is 6.54 Å². The molecule has 1 aromatic carbocycles. The Bertz CT molecular complexity index is 853. The van der Waals surface area contributed by atoms with Gasteiger partial charge in [0.2, 0.25) is 0 Å². The Kier molecular flexibility index (Phi) is 4.03. The number of H-pyrrole nitrogens is 1. The topological polar surface area (TPSA) is 102 Å². The van der Waals surface area contributed by atoms with Crippen molar-refractivity contribution in [3.05, 3.63) is 58.5 Å². The molecule has 3 rings (SSSR count). The molecule has 2 heterocycles. The van der Waals surface area contributed by atoms with Crippen LogP contribution in [0.15, 0.2) is 36.7 Å². The first-order chi connectivity index (χ1) is 11.1. The normalized spacial score (nSPS) is 10.7. The van der Waals surface area contributed by atoms with Gasteiger partial charge in [-0.1, -0.05) is 29.8 Å². The second-order valence-corrected chi connectivity index (χ2v) is 5.44. The van der Waals surface area contributed by atoms with Crippen LogP contribution in [-0.4, -0.2) is 25.9 Å². The van der Waals surface area contributed by atoms with Crippen LogP contribution in [-0.2, 0) is 6.54 Å². The number of amides is 1. The summed E-state index contributed by atoms with van der Waals surface area (Å²) in [7, 11) is 0. The van der Waals surface area contributed by atoms with Gasteiger partial charge in [-0.2, -0.15) is 10.2 Å². The first-order valence-corrected chi connectivity index (χ1v) is 7.31. The number of hydrogen-bond acceptors (Lipinski definition) is 4. The van der Waals surface area contributed by atoms with Crippen molar-refractivity contribution in [2.24, 2.45) is 0 Å². The van der Waals surface area contributed by atoms with Gasteiger partial charge in [-0.3, -0.25) is 9.89 Å². The third-order valence-electron chi connectivity index (χ3n) is 3.41. The Balaban J connectivity index is 1.69. The molecule has 1 amide bonds. The molecule has 2 aromatic heterocycles. The van der Waals surface area contributed by atoms with Crippen molar-refractivity contribution >= 4 is 23.3 Å². The minimum Gasteiger partial charge on any atom is -0.381 e. The van der Waals surface area contributed by atoms with E-state index in [4.69, 9.17) is 17.3 Å². The first-order valence-electron chi connectivity index (χ1n) is 6.93. The van der Waals surface area contributed by atoms with Gasteiger partial charge >= 0.3 is 0 Å². The van der Waals surface area contributed by atoms with E-state index in [1.165, 1.54) is 0 Å². The van der Waals surface area contributed by atoms with Gasteiger partial charge in [-0.15, -0.1) is 0 Å². The molecule has 0 bridgehead atoms. The molecule has 0 aliphatic rings. The summed E-state index contributed by atoms with van der Waals surface area (Å²) in [5, 5.41) is 13.4. The van der Waals surface area contributed by atoms with Gasteiger partial charge in [-0.25, -0.2) is 4.68 Å². The van der Waals surface area contributed by atoms with Crippen LogP contribution in [0.3, 0.4) is 0 Å². The second kappa shape index (κ2) is 6.13. The van der Waals surface area contributed by atoms with E-state index in [1.54, 1.807) is 10.9 Å². The highest BCUT2D eigenvalue weighted by Crippen LogP contribution is 2.19. The van der Waals surface area contributed by atoms with E-state index in [9.17, 15) is 4.79 Å². The van der Waals surface area contributed by atoms with Crippen molar-refractivity contribution in [3.63, 3.8) is 0 Å². The monoisotopic (exact) mass is 330 g/mol. The summed E-state index contributed by atoms with van der Waals surface area (Å²) in [6.07, 6.45) is 3.57. The van der Waals surface area contributed by atoms with Gasteiger partial charge in [0.1, 0.15) is 10.7 Å². The number of halogens is 1. The Labute approximate surface area is 137 Å². The fraction of sp³-hybridized carbons (Fsp3) is 0.133. The average Bonchev–Trinajstić information content (AvgIpc) is 3.14. The van der Waals surface area contributed by atoms with Crippen molar-refractivity contribution in [3.8, 4) is 5.69 Å². The predicted octanol–water partition coefficient (Wildman–Crippen LogP) is 2.07. The molecule has 0 atom stereocenters. The summed E-state index contributed by atoms with van der Waals surface area (Å²) >= 11 is 5.89. The highest BCUT2D eigenvalue weighted by Gasteiger charge is 2.16. The van der Waals surface area contributed by atoms with Crippen molar-refractivity contribution in [2.75, 3.05) is 5.73 Å². The van der Waals surface area contributed by atoms with Crippen LogP contribution in [0.1, 0.15) is 21.6 Å². The van der Waals surface area contributed by atoms with Crippen LogP contribution in [0, 0.1) is 6.92 Å². The Hall–Kier alpha value is -2.80. The van der Waals surface area contributed by atoms with E-state index in [2.05, 4.69) is 20.6 Å². The molecule has 4 N–H and O–H groups in total. The summed E-state index contributed by atoms with van der Waals surface area (Å²) in [5.74, 6) is -0.271. The molecule has 7 nitrogen and oxygen atoms in total. The minimum atomic E-state index is -0.372. The summed E-state index contributed by atoms with van der Waals surface area (Å²) in [6, 6.07) is 7.93. The van der Waals surface area contributed by atoms with Crippen LogP contribution in [0.2, 0.25) is 5.02 Å². The number of nitrogens with zero attached hydrogens (tertiary/aromatic N) is 3. The molecular weight excluding hydrogens is 316 g/mol. The zero-order valence-electron chi connectivity index (χ0n) is 12.4. The Morgan fingerprint density at radius 2 is 2.22 bits per heavy atom. The number of nitrogens with two attached hydrogens (primary N) is 1. The number of benzene rings is 1. The van der Waals surface area contributed by atoms with Crippen LogP contribution in [0.4, 0.5) is 5.82 Å². The third kappa shape index (κ3) is 3.04. The molecule has 3 aromatic rings. The van der Waals surface area contributed by atoms with E-state index in [-0.39, 0.29) is 22.4 Å². The summed E-state index contributed by atoms with van der Waals surface area (Å²) in [6.45, 7) is 2.34. The van der Waals surface area contributed by atoms with Crippen LogP contribution >= 0.6 is 11.6 Å². The number of nitrogen functional groups attached to an aromatic ring is 1. The van der Waals surface area contributed by atoms with E-state index < -0.39 is 0 Å². The zero-order chi connectivity index (χ0) is 16.4. The van der Waals surface area contributed by atoms with Gasteiger partial charge in [0.25, 0.3) is 5.91 Å². The standard InChI is InChI=1S/C15H15ClN6O/c1-9-4-2-3-5-11(9)22-8-10(7-19-22)6-18-15(23)13-12(16)14(17)21-20-13/h2-5,7-8H,6H2,1H3,(H,18,23)(H3,17,20,21). The third-order valence-corrected chi connectivity index (χ3v) is 3.79. The number of aryl methyl sites for hydroxylation is 1. The van der Waals surface area contributed by atoms with Crippen molar-refractivity contribution in [2.45, 2.75) is 13.5 Å². The molecule has 0 spiro atoms. The average molecular weight is 331 g/mol. The molecule has 0 fully saturated rings. The highest BCUT2D eigenvalue weighted by atomic mass is 35.5. The highest BCUT2D eigenvalue weighted by molar-refractivity contribution is 6.35. The van der Waals surface area contributed by atoms with Crippen molar-refractivity contribution in [1.82, 2.24) is 25.3 Å². The van der Waals surface area contributed by atoms with Gasteiger partial charge in [0.05, 0.1) is 11.9 Å². The maximum absolute atomic E-state index is 12.0. The Morgan fingerprint density at radius 1 is 1.43 bits per heavy atom. The molecule has 23 heavy (non-hydrogen) atoms. The van der Waals surface area contributed by atoms with Gasteiger partial charge < -0.3 is 11.1 Å². The minimum absolute atomic E-state index is 0.101. The van der Waals surface area contributed by atoms with E-state index >= 15 is 0 Å². The first kappa shape index (κ1) is 15.1. The SMILES string of the molecule is Cc1ccccc1-n1cc(CNC(=O)c2[nH]nc(N)c2Cl)cn1. The smallest absolute Gasteiger partial charge is 0.271 e. The number of carbonyl (C=O) groups excluding carboxylic acids is 1. The van der Waals surface area contributed by atoms with Crippen LogP contribution in [0.5, 0.6) is 0 Å². The lowest BCUT2D eigenvalue weighted by atomic mass is 10.2. The summed E-state index contributed by atoms with van der Waals surface area (Å²) in [5.41, 5.74) is 8.63.